The zero-order chi connectivity index (χ0) is 19.4. The second kappa shape index (κ2) is 8.01. The van der Waals surface area contributed by atoms with Gasteiger partial charge < -0.3 is 5.32 Å². The molecule has 1 fully saturated rings. The monoisotopic (exact) mass is 390 g/mol. The summed E-state index contributed by atoms with van der Waals surface area (Å²) < 4.78 is 27.2. The number of nitro benzene ring substituents is 1. The number of anilines is 1. The highest BCUT2D eigenvalue weighted by atomic mass is 32.2. The summed E-state index contributed by atoms with van der Waals surface area (Å²) in [6.45, 7) is 3.25. The van der Waals surface area contributed by atoms with E-state index in [0.717, 1.165) is 24.5 Å². The highest BCUT2D eigenvalue weighted by molar-refractivity contribution is 7.89. The van der Waals surface area contributed by atoms with E-state index in [0.29, 0.717) is 19.6 Å². The van der Waals surface area contributed by atoms with Gasteiger partial charge in [0.1, 0.15) is 5.69 Å². The van der Waals surface area contributed by atoms with Gasteiger partial charge in [-0.2, -0.15) is 4.31 Å². The van der Waals surface area contributed by atoms with E-state index in [4.69, 9.17) is 0 Å². The molecular weight excluding hydrogens is 368 g/mol. The van der Waals surface area contributed by atoms with Gasteiger partial charge in [-0.25, -0.2) is 8.42 Å². The van der Waals surface area contributed by atoms with E-state index >= 15 is 0 Å². The van der Waals surface area contributed by atoms with Crippen molar-refractivity contribution in [2.75, 3.05) is 18.4 Å². The van der Waals surface area contributed by atoms with Gasteiger partial charge in [0.25, 0.3) is 5.69 Å². The van der Waals surface area contributed by atoms with Crippen molar-refractivity contribution in [1.82, 2.24) is 9.29 Å². The fraction of sp³-hybridized carbons (Fsp3) is 0.389. The van der Waals surface area contributed by atoms with Crippen LogP contribution in [0.25, 0.3) is 0 Å². The van der Waals surface area contributed by atoms with Gasteiger partial charge >= 0.3 is 0 Å². The highest BCUT2D eigenvalue weighted by Crippen LogP contribution is 2.31. The summed E-state index contributed by atoms with van der Waals surface area (Å²) in [5.74, 6) is 0.281. The molecule has 0 amide bonds. The number of hydrogen-bond acceptors (Lipinski definition) is 6. The van der Waals surface area contributed by atoms with E-state index in [1.165, 1.54) is 16.4 Å². The maximum atomic E-state index is 12.9. The minimum absolute atomic E-state index is 0.0461. The number of nitrogens with zero attached hydrogens (tertiary/aromatic N) is 3. The molecular formula is C18H22N4O4S. The fourth-order valence-corrected chi connectivity index (χ4v) is 4.81. The standard InChI is InChI=1S/C18H22N4O4S/c1-14-4-3-9-21(13-14)27(25,26)16-6-7-17(18(10-16)22(23)24)20-12-15-5-2-8-19-11-15/h2,5-8,10-11,14,20H,3-4,9,12-13H2,1H3/t14-/m1/s1. The largest absolute Gasteiger partial charge is 0.375 e. The minimum Gasteiger partial charge on any atom is -0.375 e. The number of nitro groups is 1. The van der Waals surface area contributed by atoms with Crippen molar-refractivity contribution in [1.29, 1.82) is 0 Å². The molecule has 0 saturated carbocycles. The Bertz CT molecular complexity index is 918. The van der Waals surface area contributed by atoms with Crippen molar-refractivity contribution in [2.45, 2.75) is 31.2 Å². The first kappa shape index (κ1) is 19.2. The molecule has 0 aliphatic carbocycles. The first-order valence-corrected chi connectivity index (χ1v) is 10.2. The average molecular weight is 390 g/mol. The summed E-state index contributed by atoms with van der Waals surface area (Å²) in [5.41, 5.74) is 0.880. The first-order chi connectivity index (χ1) is 12.9. The fourth-order valence-electron chi connectivity index (χ4n) is 3.19. The van der Waals surface area contributed by atoms with Gasteiger partial charge in [-0.15, -0.1) is 0 Å². The zero-order valence-electron chi connectivity index (χ0n) is 15.0. The van der Waals surface area contributed by atoms with Crippen LogP contribution < -0.4 is 5.32 Å². The molecule has 8 nitrogen and oxygen atoms in total. The van der Waals surface area contributed by atoms with E-state index in [1.54, 1.807) is 18.5 Å². The molecule has 1 aliphatic heterocycles. The van der Waals surface area contributed by atoms with E-state index in [2.05, 4.69) is 10.3 Å². The maximum Gasteiger partial charge on any atom is 0.293 e. The Labute approximate surface area is 158 Å². The second-order valence-corrected chi connectivity index (χ2v) is 8.70. The molecule has 0 unspecified atom stereocenters. The first-order valence-electron chi connectivity index (χ1n) is 8.79. The van der Waals surface area contributed by atoms with Crippen LogP contribution in [0.5, 0.6) is 0 Å². The Kier molecular flexibility index (Phi) is 5.71. The zero-order valence-corrected chi connectivity index (χ0v) is 15.9. The van der Waals surface area contributed by atoms with E-state index in [1.807, 2.05) is 13.0 Å². The van der Waals surface area contributed by atoms with Gasteiger partial charge in [0, 0.05) is 38.1 Å². The van der Waals surface area contributed by atoms with Gasteiger partial charge in [0.15, 0.2) is 0 Å². The number of aromatic nitrogens is 1. The molecule has 1 aromatic heterocycles. The Morgan fingerprint density at radius 1 is 1.37 bits per heavy atom. The molecule has 1 aliphatic rings. The summed E-state index contributed by atoms with van der Waals surface area (Å²) in [6.07, 6.45) is 5.10. The van der Waals surface area contributed by atoms with Crippen molar-refractivity contribution < 1.29 is 13.3 Å². The van der Waals surface area contributed by atoms with Crippen LogP contribution in [0.4, 0.5) is 11.4 Å². The Balaban J connectivity index is 1.85. The number of piperidine rings is 1. The molecule has 0 radical (unpaired) electrons. The van der Waals surface area contributed by atoms with Crippen LogP contribution in [0.2, 0.25) is 0 Å². The van der Waals surface area contributed by atoms with Crippen LogP contribution in [0, 0.1) is 16.0 Å². The molecule has 9 heteroatoms. The van der Waals surface area contributed by atoms with Crippen LogP contribution in [-0.4, -0.2) is 35.7 Å². The van der Waals surface area contributed by atoms with Crippen LogP contribution in [-0.2, 0) is 16.6 Å². The minimum atomic E-state index is -3.74. The van der Waals surface area contributed by atoms with Crippen molar-refractivity contribution in [3.63, 3.8) is 0 Å². The van der Waals surface area contributed by atoms with Gasteiger partial charge in [0.2, 0.25) is 10.0 Å². The third-order valence-corrected chi connectivity index (χ3v) is 6.49. The number of pyridine rings is 1. The lowest BCUT2D eigenvalue weighted by atomic mass is 10.0. The number of hydrogen-bond donors (Lipinski definition) is 1. The summed E-state index contributed by atoms with van der Waals surface area (Å²) in [7, 11) is -3.74. The molecule has 2 heterocycles. The summed E-state index contributed by atoms with van der Waals surface area (Å²) in [6, 6.07) is 7.64. The van der Waals surface area contributed by atoms with Crippen LogP contribution in [0.1, 0.15) is 25.3 Å². The topological polar surface area (TPSA) is 105 Å². The number of benzene rings is 1. The third kappa shape index (κ3) is 4.42. The molecule has 0 spiro atoms. The summed E-state index contributed by atoms with van der Waals surface area (Å²) in [4.78, 5) is 14.9. The normalized spacial score (nSPS) is 18.2. The molecule has 27 heavy (non-hydrogen) atoms. The molecule has 1 saturated heterocycles. The third-order valence-electron chi connectivity index (χ3n) is 4.63. The van der Waals surface area contributed by atoms with E-state index in [-0.39, 0.29) is 22.2 Å². The molecule has 1 atom stereocenters. The average Bonchev–Trinajstić information content (AvgIpc) is 2.67. The molecule has 1 N–H and O–H groups in total. The predicted octanol–water partition coefficient (Wildman–Crippen LogP) is 3.02. The summed E-state index contributed by atoms with van der Waals surface area (Å²) in [5, 5.41) is 14.5. The number of nitrogens with one attached hydrogen (secondary N) is 1. The van der Waals surface area contributed by atoms with E-state index in [9.17, 15) is 18.5 Å². The summed E-state index contributed by atoms with van der Waals surface area (Å²) >= 11 is 0. The van der Waals surface area contributed by atoms with Crippen LogP contribution in [0.3, 0.4) is 0 Å². The Morgan fingerprint density at radius 3 is 2.85 bits per heavy atom. The van der Waals surface area contributed by atoms with Gasteiger partial charge in [-0.3, -0.25) is 15.1 Å². The molecule has 144 valence electrons. The Morgan fingerprint density at radius 2 is 2.19 bits per heavy atom. The molecule has 3 rings (SSSR count). The molecule has 0 bridgehead atoms. The SMILES string of the molecule is C[C@@H]1CCCN(S(=O)(=O)c2ccc(NCc3cccnc3)c([N+](=O)[O-])c2)C1. The van der Waals surface area contributed by atoms with E-state index < -0.39 is 14.9 Å². The molecule has 2 aromatic rings. The lowest BCUT2D eigenvalue weighted by Gasteiger charge is -2.30. The number of rotatable bonds is 6. The maximum absolute atomic E-state index is 12.9. The van der Waals surface area contributed by atoms with Gasteiger partial charge in [-0.1, -0.05) is 13.0 Å². The van der Waals surface area contributed by atoms with Crippen molar-refractivity contribution >= 4 is 21.4 Å². The Hall–Kier alpha value is -2.52. The van der Waals surface area contributed by atoms with Gasteiger partial charge in [0.05, 0.1) is 9.82 Å². The predicted molar refractivity (Wildman–Crippen MR) is 102 cm³/mol. The van der Waals surface area contributed by atoms with Crippen molar-refractivity contribution in [2.24, 2.45) is 5.92 Å². The lowest BCUT2D eigenvalue weighted by Crippen LogP contribution is -2.39. The number of sulfonamides is 1. The quantitative estimate of drug-likeness (QED) is 0.600. The van der Waals surface area contributed by atoms with Gasteiger partial charge in [-0.05, 0) is 42.5 Å². The molecule has 1 aromatic carbocycles. The van der Waals surface area contributed by atoms with Crippen LogP contribution >= 0.6 is 0 Å². The van der Waals surface area contributed by atoms with Crippen molar-refractivity contribution in [3.05, 3.63) is 58.4 Å². The second-order valence-electron chi connectivity index (χ2n) is 6.76. The van der Waals surface area contributed by atoms with Crippen molar-refractivity contribution in [3.8, 4) is 0 Å². The lowest BCUT2D eigenvalue weighted by molar-refractivity contribution is -0.384. The highest BCUT2D eigenvalue weighted by Gasteiger charge is 2.30. The van der Waals surface area contributed by atoms with Crippen LogP contribution in [0.15, 0.2) is 47.6 Å². The smallest absolute Gasteiger partial charge is 0.293 e.